The van der Waals surface area contributed by atoms with Crippen molar-refractivity contribution in [2.24, 2.45) is 5.92 Å². The molecule has 0 bridgehead atoms. The van der Waals surface area contributed by atoms with Crippen molar-refractivity contribution >= 4 is 12.1 Å². The number of hydrogen-bond donors (Lipinski definition) is 1. The van der Waals surface area contributed by atoms with Gasteiger partial charge in [0, 0.05) is 0 Å². The monoisotopic (exact) mass is 447 g/mol. The summed E-state index contributed by atoms with van der Waals surface area (Å²) in [5.41, 5.74) is 0.472. The van der Waals surface area contributed by atoms with Crippen LogP contribution < -0.4 is 5.32 Å². The van der Waals surface area contributed by atoms with Crippen LogP contribution in [0.25, 0.3) is 0 Å². The fourth-order valence-corrected chi connectivity index (χ4v) is 2.26. The summed E-state index contributed by atoms with van der Waals surface area (Å²) in [7, 11) is 0. The molecular formula is C18H20F7NO4. The lowest BCUT2D eigenvalue weighted by Gasteiger charge is -2.35. The quantitative estimate of drug-likeness (QED) is 0.440. The minimum absolute atomic E-state index is 0.209. The van der Waals surface area contributed by atoms with Crippen LogP contribution in [0.4, 0.5) is 35.5 Å². The number of amides is 1. The molecule has 1 rings (SSSR count). The van der Waals surface area contributed by atoms with Crippen molar-refractivity contribution in [3.05, 3.63) is 35.9 Å². The van der Waals surface area contributed by atoms with Gasteiger partial charge in [-0.2, -0.15) is 30.7 Å². The fraction of sp³-hybridized carbons (Fsp3) is 0.556. The zero-order valence-corrected chi connectivity index (χ0v) is 15.9. The van der Waals surface area contributed by atoms with Gasteiger partial charge in [-0.05, 0) is 12.0 Å². The second-order valence-electron chi connectivity index (χ2n) is 6.34. The van der Waals surface area contributed by atoms with Crippen LogP contribution in [0.3, 0.4) is 0 Å². The van der Waals surface area contributed by atoms with E-state index in [0.717, 1.165) is 0 Å². The van der Waals surface area contributed by atoms with E-state index in [1.807, 2.05) is 0 Å². The van der Waals surface area contributed by atoms with Crippen LogP contribution in [-0.2, 0) is 20.9 Å². The molecule has 5 nitrogen and oxygen atoms in total. The molecule has 0 saturated carbocycles. The van der Waals surface area contributed by atoms with Gasteiger partial charge in [-0.25, -0.2) is 9.59 Å². The number of alkyl halides is 7. The van der Waals surface area contributed by atoms with Crippen molar-refractivity contribution in [3.8, 4) is 0 Å². The Morgan fingerprint density at radius 1 is 1.00 bits per heavy atom. The molecule has 0 radical (unpaired) electrons. The highest BCUT2D eigenvalue weighted by molar-refractivity contribution is 5.81. The molecule has 0 aliphatic heterocycles. The Bertz CT molecular complexity index is 710. The van der Waals surface area contributed by atoms with Gasteiger partial charge in [0.15, 0.2) is 0 Å². The number of benzene rings is 1. The van der Waals surface area contributed by atoms with Crippen LogP contribution in [0.2, 0.25) is 0 Å². The zero-order valence-electron chi connectivity index (χ0n) is 15.9. The number of rotatable bonds is 9. The first-order chi connectivity index (χ1) is 13.8. The summed E-state index contributed by atoms with van der Waals surface area (Å²) >= 11 is 0. The van der Waals surface area contributed by atoms with Gasteiger partial charge in [-0.1, -0.05) is 44.2 Å². The third kappa shape index (κ3) is 5.99. The number of carbonyl (C=O) groups excluding carboxylic acids is 2. The van der Waals surface area contributed by atoms with Crippen LogP contribution in [0.1, 0.15) is 25.8 Å². The number of carbonyl (C=O) groups is 2. The van der Waals surface area contributed by atoms with Crippen LogP contribution in [0, 0.1) is 5.92 Å². The third-order valence-electron chi connectivity index (χ3n) is 4.04. The van der Waals surface area contributed by atoms with Gasteiger partial charge in [0.05, 0.1) is 12.5 Å². The Morgan fingerprint density at radius 3 is 2.07 bits per heavy atom. The van der Waals surface area contributed by atoms with Crippen molar-refractivity contribution in [1.82, 2.24) is 5.32 Å². The van der Waals surface area contributed by atoms with E-state index >= 15 is 0 Å². The van der Waals surface area contributed by atoms with E-state index in [2.05, 4.69) is 4.74 Å². The first kappa shape index (κ1) is 25.5. The maximum atomic E-state index is 14.1. The number of esters is 1. The molecule has 0 fully saturated rings. The van der Waals surface area contributed by atoms with Gasteiger partial charge in [0.2, 0.25) is 0 Å². The number of nitrogens with one attached hydrogen (secondary N) is 1. The lowest BCUT2D eigenvalue weighted by atomic mass is 9.90. The molecule has 2 atom stereocenters. The molecule has 30 heavy (non-hydrogen) atoms. The van der Waals surface area contributed by atoms with E-state index in [9.17, 15) is 40.3 Å². The Kier molecular flexibility index (Phi) is 8.49. The average Bonchev–Trinajstić information content (AvgIpc) is 2.67. The first-order valence-electron chi connectivity index (χ1n) is 8.71. The number of alkyl carbamates (subject to hydrolysis) is 1. The second kappa shape index (κ2) is 9.98. The molecule has 12 heteroatoms. The van der Waals surface area contributed by atoms with Crippen molar-refractivity contribution in [3.63, 3.8) is 0 Å². The highest BCUT2D eigenvalue weighted by Crippen LogP contribution is 2.50. The molecule has 1 amide bonds. The van der Waals surface area contributed by atoms with Gasteiger partial charge in [-0.15, -0.1) is 0 Å². The van der Waals surface area contributed by atoms with Crippen LogP contribution in [0.15, 0.2) is 30.3 Å². The SMILES string of the molecule is CCCOC(=O)C(NC(=O)OCc1ccccc1)C(C)C(F)(F)C(F)(F)C(F)(F)F. The number of ether oxygens (including phenoxy) is 2. The van der Waals surface area contributed by atoms with E-state index in [0.29, 0.717) is 5.56 Å². The normalized spacial score (nSPS) is 14.6. The fourth-order valence-electron chi connectivity index (χ4n) is 2.26. The molecule has 1 N–H and O–H groups in total. The Labute approximate surface area is 167 Å². The minimum Gasteiger partial charge on any atom is -0.464 e. The van der Waals surface area contributed by atoms with Gasteiger partial charge < -0.3 is 14.8 Å². The van der Waals surface area contributed by atoms with Gasteiger partial charge in [0.25, 0.3) is 0 Å². The maximum absolute atomic E-state index is 14.1. The molecule has 0 aromatic heterocycles. The van der Waals surface area contributed by atoms with E-state index < -0.39 is 42.0 Å². The van der Waals surface area contributed by atoms with Crippen molar-refractivity contribution < 1.29 is 49.8 Å². The largest absolute Gasteiger partial charge is 0.464 e. The average molecular weight is 447 g/mol. The molecule has 170 valence electrons. The molecular weight excluding hydrogens is 427 g/mol. The smallest absolute Gasteiger partial charge is 0.459 e. The lowest BCUT2D eigenvalue weighted by molar-refractivity contribution is -0.365. The van der Waals surface area contributed by atoms with Crippen molar-refractivity contribution in [2.45, 2.75) is 50.9 Å². The summed E-state index contributed by atoms with van der Waals surface area (Å²) in [4.78, 5) is 23.9. The van der Waals surface area contributed by atoms with Crippen molar-refractivity contribution in [1.29, 1.82) is 0 Å². The van der Waals surface area contributed by atoms with Gasteiger partial charge >= 0.3 is 30.1 Å². The molecule has 0 spiro atoms. The van der Waals surface area contributed by atoms with E-state index in [1.54, 1.807) is 35.6 Å². The minimum atomic E-state index is -6.59. The predicted molar refractivity (Wildman–Crippen MR) is 89.9 cm³/mol. The molecule has 0 saturated heterocycles. The summed E-state index contributed by atoms with van der Waals surface area (Å²) in [6.07, 6.45) is -7.85. The van der Waals surface area contributed by atoms with Crippen molar-refractivity contribution in [2.75, 3.05) is 6.61 Å². The van der Waals surface area contributed by atoms with Gasteiger partial charge in [-0.3, -0.25) is 0 Å². The van der Waals surface area contributed by atoms with Gasteiger partial charge in [0.1, 0.15) is 12.6 Å². The highest BCUT2D eigenvalue weighted by Gasteiger charge is 2.75. The third-order valence-corrected chi connectivity index (χ3v) is 4.04. The molecule has 0 aliphatic carbocycles. The standard InChI is InChI=1S/C18H20F7NO4/c1-3-9-29-14(27)13(11(2)16(19,20)17(21,22)18(23,24)25)26-15(28)30-10-12-7-5-4-6-8-12/h4-8,11,13H,3,9-10H2,1-2H3,(H,26,28). The molecule has 0 aliphatic rings. The summed E-state index contributed by atoms with van der Waals surface area (Å²) in [6.45, 7) is 1.10. The predicted octanol–water partition coefficient (Wildman–Crippen LogP) is 4.70. The van der Waals surface area contributed by atoms with Crippen LogP contribution in [0.5, 0.6) is 0 Å². The molecule has 1 aromatic rings. The molecule has 1 aromatic carbocycles. The summed E-state index contributed by atoms with van der Waals surface area (Å²) in [6, 6.07) is 5.42. The van der Waals surface area contributed by atoms with E-state index in [4.69, 9.17) is 4.74 Å². The lowest BCUT2D eigenvalue weighted by Crippen LogP contribution is -2.61. The molecule has 2 unspecified atom stereocenters. The van der Waals surface area contributed by atoms with E-state index in [1.165, 1.54) is 6.92 Å². The zero-order chi connectivity index (χ0) is 23.2. The summed E-state index contributed by atoms with van der Waals surface area (Å²) in [5.74, 6) is -16.8. The highest BCUT2D eigenvalue weighted by atomic mass is 19.4. The first-order valence-corrected chi connectivity index (χ1v) is 8.71. The summed E-state index contributed by atoms with van der Waals surface area (Å²) < 4.78 is 102. The number of halogens is 7. The Morgan fingerprint density at radius 2 is 1.57 bits per heavy atom. The summed E-state index contributed by atoms with van der Waals surface area (Å²) in [5, 5.41) is 1.61. The Hall–Kier alpha value is -2.53. The maximum Gasteiger partial charge on any atom is 0.459 e. The second-order valence-corrected chi connectivity index (χ2v) is 6.34. The van der Waals surface area contributed by atoms with Crippen LogP contribution in [-0.4, -0.2) is 42.7 Å². The van der Waals surface area contributed by atoms with E-state index in [-0.39, 0.29) is 26.6 Å². The van der Waals surface area contributed by atoms with Crippen LogP contribution >= 0.6 is 0 Å². The Balaban J connectivity index is 3.04. The number of hydrogen-bond acceptors (Lipinski definition) is 4. The topological polar surface area (TPSA) is 64.6 Å². The molecule has 0 heterocycles.